The van der Waals surface area contributed by atoms with Gasteiger partial charge in [-0.2, -0.15) is 0 Å². The number of hydrogen-bond acceptors (Lipinski definition) is 4. The van der Waals surface area contributed by atoms with Crippen molar-refractivity contribution in [3.63, 3.8) is 0 Å². The van der Waals surface area contributed by atoms with Gasteiger partial charge in [0.15, 0.2) is 0 Å². The Balaban J connectivity index is 1.39. The molecule has 0 bridgehead atoms. The van der Waals surface area contributed by atoms with Crippen molar-refractivity contribution < 1.29 is 4.79 Å². The number of nitrogens with one attached hydrogen (secondary N) is 2. The summed E-state index contributed by atoms with van der Waals surface area (Å²) < 4.78 is 0. The number of carbonyl (C=O) groups is 1. The molecule has 142 valence electrons. The molecular formula is C21H25ClN4O. The minimum Gasteiger partial charge on any atom is -0.369 e. The van der Waals surface area contributed by atoms with Crippen LogP contribution in [0, 0.1) is 6.92 Å². The monoisotopic (exact) mass is 384 g/mol. The van der Waals surface area contributed by atoms with Gasteiger partial charge in [0.2, 0.25) is 5.91 Å². The van der Waals surface area contributed by atoms with Crippen LogP contribution in [0.2, 0.25) is 5.02 Å². The van der Waals surface area contributed by atoms with Crippen molar-refractivity contribution in [2.75, 3.05) is 31.1 Å². The van der Waals surface area contributed by atoms with Crippen LogP contribution in [0.15, 0.2) is 48.5 Å². The topological polar surface area (TPSA) is 47.6 Å². The quantitative estimate of drug-likeness (QED) is 0.854. The number of rotatable bonds is 3. The number of halogens is 1. The molecule has 0 radical (unpaired) electrons. The van der Waals surface area contributed by atoms with Crippen LogP contribution >= 0.6 is 11.6 Å². The summed E-state index contributed by atoms with van der Waals surface area (Å²) in [5.74, 6) is 0.101. The molecule has 4 rings (SSSR count). The Morgan fingerprint density at radius 1 is 0.963 bits per heavy atom. The molecule has 2 aliphatic heterocycles. The van der Waals surface area contributed by atoms with Crippen LogP contribution in [0.3, 0.4) is 0 Å². The Morgan fingerprint density at radius 2 is 1.63 bits per heavy atom. The zero-order chi connectivity index (χ0) is 18.8. The molecule has 5 nitrogen and oxygen atoms in total. The number of amides is 1. The molecule has 0 spiro atoms. The van der Waals surface area contributed by atoms with Crippen molar-refractivity contribution in [3.8, 4) is 0 Å². The first-order valence-corrected chi connectivity index (χ1v) is 9.83. The maximum atomic E-state index is 12.3. The first kappa shape index (κ1) is 18.3. The number of aryl methyl sites for hydroxylation is 1. The third-order valence-electron chi connectivity index (χ3n) is 5.40. The van der Waals surface area contributed by atoms with Crippen LogP contribution < -0.4 is 15.5 Å². The molecule has 2 aromatic rings. The number of benzene rings is 2. The fraction of sp³-hybridized carbons (Fsp3) is 0.381. The Morgan fingerprint density at radius 3 is 2.30 bits per heavy atom. The predicted octanol–water partition coefficient (Wildman–Crippen LogP) is 2.90. The van der Waals surface area contributed by atoms with Gasteiger partial charge in [-0.3, -0.25) is 15.0 Å². The smallest absolute Gasteiger partial charge is 0.224 e. The number of carbonyl (C=O) groups excluding carboxylic acids is 1. The Hall–Kier alpha value is -2.08. The lowest BCUT2D eigenvalue weighted by Gasteiger charge is -2.43. The maximum Gasteiger partial charge on any atom is 0.224 e. The minimum absolute atomic E-state index is 0.0543. The third kappa shape index (κ3) is 4.26. The molecule has 1 amide bonds. The highest BCUT2D eigenvalue weighted by Gasteiger charge is 2.32. The Labute approximate surface area is 165 Å². The summed E-state index contributed by atoms with van der Waals surface area (Å²) in [5, 5.41) is 7.47. The van der Waals surface area contributed by atoms with E-state index in [4.69, 9.17) is 11.6 Å². The van der Waals surface area contributed by atoms with E-state index >= 15 is 0 Å². The summed E-state index contributed by atoms with van der Waals surface area (Å²) in [6.45, 7) is 5.70. The molecule has 2 fully saturated rings. The highest BCUT2D eigenvalue weighted by atomic mass is 35.5. The minimum atomic E-state index is -0.120. The number of hydrogen-bond donors (Lipinski definition) is 2. The van der Waals surface area contributed by atoms with E-state index in [1.165, 1.54) is 16.8 Å². The SMILES string of the molecule is Cc1ccc(C2CC(=O)NC(N3CCN(c4ccc(Cl)cc4)CC3)N2)cc1. The molecule has 2 aliphatic rings. The van der Waals surface area contributed by atoms with E-state index in [9.17, 15) is 4.79 Å². The van der Waals surface area contributed by atoms with Gasteiger partial charge in [0.25, 0.3) is 0 Å². The molecule has 0 saturated carbocycles. The normalized spacial score (nSPS) is 23.9. The van der Waals surface area contributed by atoms with Gasteiger partial charge >= 0.3 is 0 Å². The van der Waals surface area contributed by atoms with Crippen LogP contribution in [-0.2, 0) is 4.79 Å². The van der Waals surface area contributed by atoms with Gasteiger partial charge in [0.1, 0.15) is 6.29 Å². The lowest BCUT2D eigenvalue weighted by molar-refractivity contribution is -0.127. The second kappa shape index (κ2) is 7.89. The molecular weight excluding hydrogens is 360 g/mol. The van der Waals surface area contributed by atoms with Gasteiger partial charge in [-0.1, -0.05) is 41.4 Å². The molecule has 0 aliphatic carbocycles. The molecule has 2 heterocycles. The highest BCUT2D eigenvalue weighted by Crippen LogP contribution is 2.23. The standard InChI is InChI=1S/C21H25ClN4O/c1-15-2-4-16(5-3-15)19-14-20(27)24-21(23-19)26-12-10-25(11-13-26)18-8-6-17(22)7-9-18/h2-9,19,21,23H,10-14H2,1H3,(H,24,27). The fourth-order valence-corrected chi connectivity index (χ4v) is 3.91. The summed E-state index contributed by atoms with van der Waals surface area (Å²) in [6.07, 6.45) is 0.356. The third-order valence-corrected chi connectivity index (χ3v) is 5.65. The summed E-state index contributed by atoms with van der Waals surface area (Å²) in [4.78, 5) is 17.0. The zero-order valence-electron chi connectivity index (χ0n) is 15.5. The van der Waals surface area contributed by atoms with Crippen LogP contribution in [0.5, 0.6) is 0 Å². The van der Waals surface area contributed by atoms with Crippen LogP contribution in [-0.4, -0.2) is 43.3 Å². The van der Waals surface area contributed by atoms with Crippen LogP contribution in [0.1, 0.15) is 23.6 Å². The van der Waals surface area contributed by atoms with E-state index in [0.717, 1.165) is 31.2 Å². The average molecular weight is 385 g/mol. The average Bonchev–Trinajstić information content (AvgIpc) is 2.69. The Bertz CT molecular complexity index is 785. The lowest BCUT2D eigenvalue weighted by atomic mass is 10.0. The first-order chi connectivity index (χ1) is 13.1. The number of nitrogens with zero attached hydrogens (tertiary/aromatic N) is 2. The Kier molecular flexibility index (Phi) is 5.34. The molecule has 2 saturated heterocycles. The second-order valence-electron chi connectivity index (χ2n) is 7.30. The van der Waals surface area contributed by atoms with Gasteiger partial charge < -0.3 is 10.2 Å². The molecule has 27 heavy (non-hydrogen) atoms. The van der Waals surface area contributed by atoms with Crippen molar-refractivity contribution in [2.45, 2.75) is 25.7 Å². The van der Waals surface area contributed by atoms with Crippen molar-refractivity contribution in [2.24, 2.45) is 0 Å². The van der Waals surface area contributed by atoms with E-state index in [1.807, 2.05) is 12.1 Å². The predicted molar refractivity (Wildman–Crippen MR) is 109 cm³/mol. The first-order valence-electron chi connectivity index (χ1n) is 9.45. The summed E-state index contributed by atoms with van der Waals surface area (Å²) >= 11 is 5.99. The second-order valence-corrected chi connectivity index (χ2v) is 7.74. The summed E-state index contributed by atoms with van der Waals surface area (Å²) in [6, 6.07) is 16.5. The highest BCUT2D eigenvalue weighted by molar-refractivity contribution is 6.30. The molecule has 2 aromatic carbocycles. The van der Waals surface area contributed by atoms with E-state index in [2.05, 4.69) is 63.8 Å². The van der Waals surface area contributed by atoms with Crippen LogP contribution in [0.4, 0.5) is 5.69 Å². The molecule has 6 heteroatoms. The number of piperazine rings is 1. The largest absolute Gasteiger partial charge is 0.369 e. The van der Waals surface area contributed by atoms with Crippen molar-refractivity contribution in [1.29, 1.82) is 0 Å². The molecule has 0 aromatic heterocycles. The van der Waals surface area contributed by atoms with E-state index in [0.29, 0.717) is 6.42 Å². The molecule has 2 atom stereocenters. The van der Waals surface area contributed by atoms with Gasteiger partial charge in [-0.15, -0.1) is 0 Å². The van der Waals surface area contributed by atoms with E-state index in [1.54, 1.807) is 0 Å². The van der Waals surface area contributed by atoms with Gasteiger partial charge in [-0.25, -0.2) is 0 Å². The van der Waals surface area contributed by atoms with E-state index in [-0.39, 0.29) is 18.2 Å². The molecule has 2 unspecified atom stereocenters. The van der Waals surface area contributed by atoms with Crippen molar-refractivity contribution >= 4 is 23.2 Å². The van der Waals surface area contributed by atoms with Gasteiger partial charge in [0.05, 0.1) is 0 Å². The van der Waals surface area contributed by atoms with Crippen molar-refractivity contribution in [1.82, 2.24) is 15.5 Å². The zero-order valence-corrected chi connectivity index (χ0v) is 16.2. The number of anilines is 1. The summed E-state index contributed by atoms with van der Waals surface area (Å²) in [5.41, 5.74) is 3.59. The van der Waals surface area contributed by atoms with Crippen molar-refractivity contribution in [3.05, 3.63) is 64.7 Å². The van der Waals surface area contributed by atoms with Gasteiger partial charge in [-0.05, 0) is 36.8 Å². The van der Waals surface area contributed by atoms with E-state index < -0.39 is 0 Å². The van der Waals surface area contributed by atoms with Crippen LogP contribution in [0.25, 0.3) is 0 Å². The maximum absolute atomic E-state index is 12.3. The molecule has 2 N–H and O–H groups in total. The summed E-state index contributed by atoms with van der Waals surface area (Å²) in [7, 11) is 0. The fourth-order valence-electron chi connectivity index (χ4n) is 3.79. The van der Waals surface area contributed by atoms with Gasteiger partial charge in [0, 0.05) is 49.4 Å². The lowest BCUT2D eigenvalue weighted by Crippen LogP contribution is -2.64.